The molecule has 5 rings (SSSR count). The molecule has 9 heteroatoms. The second kappa shape index (κ2) is 7.80. The second-order valence-electron chi connectivity index (χ2n) is 9.00. The van der Waals surface area contributed by atoms with E-state index in [0.717, 1.165) is 53.2 Å². The molecule has 4 heterocycles. The van der Waals surface area contributed by atoms with Gasteiger partial charge in [-0.25, -0.2) is 8.78 Å². The van der Waals surface area contributed by atoms with E-state index in [0.29, 0.717) is 23.7 Å². The number of hydrogen-bond donors (Lipinski definition) is 0. The zero-order valence-electron chi connectivity index (χ0n) is 18.7. The first-order valence-corrected chi connectivity index (χ1v) is 11.0. The Bertz CT molecular complexity index is 1350. The zero-order chi connectivity index (χ0) is 23.3. The minimum absolute atomic E-state index is 0.0305. The molecule has 0 bridgehead atoms. The molecule has 170 valence electrons. The fourth-order valence-corrected chi connectivity index (χ4v) is 4.58. The Kier molecular flexibility index (Phi) is 5.04. The molecule has 1 fully saturated rings. The van der Waals surface area contributed by atoms with Gasteiger partial charge in [0, 0.05) is 53.8 Å². The average molecular weight is 450 g/mol. The minimum Gasteiger partial charge on any atom is -0.361 e. The summed E-state index contributed by atoms with van der Waals surface area (Å²) in [5, 5.41) is 17.7. The lowest BCUT2D eigenvalue weighted by atomic mass is 10.0. The standard InChI is InChI=1S/C24H24F2N6O/c1-14-22(15(2)33-30-14)17-8-21-23(28-9-17)19(12-32(21)20(6-7-27)16-4-5-16)18-10-29-31(11-18)13-24(3,25)26/h8-12,16,20H,4-6,13H2,1-3H3. The summed E-state index contributed by atoms with van der Waals surface area (Å²) in [6, 6.07) is 4.41. The van der Waals surface area contributed by atoms with Gasteiger partial charge in [0.25, 0.3) is 5.92 Å². The summed E-state index contributed by atoms with van der Waals surface area (Å²) < 4.78 is 35.7. The average Bonchev–Trinajstić information content (AvgIpc) is 3.25. The van der Waals surface area contributed by atoms with E-state index in [1.54, 1.807) is 18.6 Å². The number of rotatable bonds is 7. The summed E-state index contributed by atoms with van der Waals surface area (Å²) in [6.45, 7) is 4.14. The highest BCUT2D eigenvalue weighted by Crippen LogP contribution is 2.45. The lowest BCUT2D eigenvalue weighted by Gasteiger charge is -2.16. The first kappa shape index (κ1) is 21.3. The zero-order valence-corrected chi connectivity index (χ0v) is 18.7. The lowest BCUT2D eigenvalue weighted by Crippen LogP contribution is -2.19. The number of fused-ring (bicyclic) bond motifs is 1. The Hall–Kier alpha value is -3.54. The van der Waals surface area contributed by atoms with E-state index in [1.165, 1.54) is 4.68 Å². The van der Waals surface area contributed by atoms with Gasteiger partial charge in [-0.1, -0.05) is 5.16 Å². The van der Waals surface area contributed by atoms with Crippen LogP contribution in [0.15, 0.2) is 35.4 Å². The van der Waals surface area contributed by atoms with Crippen LogP contribution >= 0.6 is 0 Å². The van der Waals surface area contributed by atoms with Crippen LogP contribution in [0.4, 0.5) is 8.78 Å². The number of pyridine rings is 1. The molecule has 0 N–H and O–H groups in total. The molecule has 33 heavy (non-hydrogen) atoms. The monoisotopic (exact) mass is 450 g/mol. The Morgan fingerprint density at radius 1 is 1.24 bits per heavy atom. The van der Waals surface area contributed by atoms with E-state index >= 15 is 0 Å². The van der Waals surface area contributed by atoms with Crippen molar-refractivity contribution in [3.63, 3.8) is 0 Å². The van der Waals surface area contributed by atoms with Gasteiger partial charge in [-0.05, 0) is 38.7 Å². The Morgan fingerprint density at radius 2 is 2.03 bits per heavy atom. The van der Waals surface area contributed by atoms with E-state index in [-0.39, 0.29) is 6.04 Å². The van der Waals surface area contributed by atoms with E-state index < -0.39 is 12.5 Å². The van der Waals surface area contributed by atoms with E-state index in [2.05, 4.69) is 27.0 Å². The van der Waals surface area contributed by atoms with Gasteiger partial charge in [-0.2, -0.15) is 10.4 Å². The Labute approximate surface area is 189 Å². The molecule has 0 amide bonds. The predicted molar refractivity (Wildman–Crippen MR) is 119 cm³/mol. The summed E-state index contributed by atoms with van der Waals surface area (Å²) in [5.74, 6) is -1.70. The minimum atomic E-state index is -2.86. The van der Waals surface area contributed by atoms with Gasteiger partial charge in [0.05, 0.1) is 35.4 Å². The smallest absolute Gasteiger partial charge is 0.264 e. The molecule has 0 aromatic carbocycles. The fourth-order valence-electron chi connectivity index (χ4n) is 4.58. The fraction of sp³-hybridized carbons (Fsp3) is 0.417. The number of aromatic nitrogens is 5. The van der Waals surface area contributed by atoms with Crippen LogP contribution in [0.2, 0.25) is 0 Å². The maximum Gasteiger partial charge on any atom is 0.264 e. The number of nitrogens with zero attached hydrogens (tertiary/aromatic N) is 6. The van der Waals surface area contributed by atoms with E-state index in [4.69, 9.17) is 9.51 Å². The van der Waals surface area contributed by atoms with Gasteiger partial charge in [-0.3, -0.25) is 9.67 Å². The highest BCUT2D eigenvalue weighted by atomic mass is 19.3. The van der Waals surface area contributed by atoms with Gasteiger partial charge in [0.15, 0.2) is 0 Å². The van der Waals surface area contributed by atoms with Gasteiger partial charge in [-0.15, -0.1) is 0 Å². The van der Waals surface area contributed by atoms with Crippen molar-refractivity contribution in [1.82, 2.24) is 24.5 Å². The SMILES string of the molecule is Cc1noc(C)c1-c1cnc2c(-c3cnn(CC(C)(F)F)c3)cn(C(CC#N)C3CC3)c2c1. The maximum absolute atomic E-state index is 13.5. The summed E-state index contributed by atoms with van der Waals surface area (Å²) in [4.78, 5) is 4.76. The van der Waals surface area contributed by atoms with Crippen LogP contribution in [0, 0.1) is 31.1 Å². The third-order valence-electron chi connectivity index (χ3n) is 6.20. The Morgan fingerprint density at radius 3 is 2.67 bits per heavy atom. The highest BCUT2D eigenvalue weighted by molar-refractivity contribution is 5.95. The van der Waals surface area contributed by atoms with Crippen LogP contribution in [-0.4, -0.2) is 30.4 Å². The number of hydrogen-bond acceptors (Lipinski definition) is 5. The highest BCUT2D eigenvalue weighted by Gasteiger charge is 2.34. The van der Waals surface area contributed by atoms with Crippen molar-refractivity contribution in [3.8, 4) is 28.3 Å². The molecule has 4 aromatic heterocycles. The first-order chi connectivity index (χ1) is 15.7. The molecule has 1 aliphatic carbocycles. The normalized spacial score (nSPS) is 15.2. The van der Waals surface area contributed by atoms with Crippen molar-refractivity contribution >= 4 is 11.0 Å². The molecule has 7 nitrogen and oxygen atoms in total. The number of aryl methyl sites for hydroxylation is 2. The largest absolute Gasteiger partial charge is 0.361 e. The quantitative estimate of drug-likeness (QED) is 0.361. The molecule has 1 saturated carbocycles. The van der Waals surface area contributed by atoms with Gasteiger partial charge < -0.3 is 9.09 Å². The molecule has 0 radical (unpaired) electrons. The summed E-state index contributed by atoms with van der Waals surface area (Å²) in [6.07, 6.45) is 9.54. The van der Waals surface area contributed by atoms with Crippen molar-refractivity contribution in [2.45, 2.75) is 58.5 Å². The molecular weight excluding hydrogens is 426 g/mol. The molecule has 0 aliphatic heterocycles. The molecule has 1 atom stereocenters. The number of halogens is 2. The topological polar surface area (TPSA) is 85.5 Å². The lowest BCUT2D eigenvalue weighted by molar-refractivity contribution is 0.000604. The number of alkyl halides is 2. The number of nitriles is 1. The van der Waals surface area contributed by atoms with Crippen molar-refractivity contribution in [2.75, 3.05) is 0 Å². The van der Waals surface area contributed by atoms with Gasteiger partial charge >= 0.3 is 0 Å². The first-order valence-electron chi connectivity index (χ1n) is 11.0. The van der Waals surface area contributed by atoms with E-state index in [9.17, 15) is 14.0 Å². The maximum atomic E-state index is 13.5. The Balaban J connectivity index is 1.67. The van der Waals surface area contributed by atoms with Gasteiger partial charge in [0.1, 0.15) is 12.3 Å². The summed E-state index contributed by atoms with van der Waals surface area (Å²) in [5.41, 5.74) is 5.73. The molecule has 1 unspecified atom stereocenters. The molecule has 1 aliphatic rings. The molecule has 0 spiro atoms. The van der Waals surface area contributed by atoms with Crippen LogP contribution < -0.4 is 0 Å². The third kappa shape index (κ3) is 4.01. The molecule has 0 saturated heterocycles. The van der Waals surface area contributed by atoms with Crippen molar-refractivity contribution in [1.29, 1.82) is 5.26 Å². The van der Waals surface area contributed by atoms with Crippen molar-refractivity contribution in [2.24, 2.45) is 5.92 Å². The van der Waals surface area contributed by atoms with Gasteiger partial charge in [0.2, 0.25) is 0 Å². The predicted octanol–water partition coefficient (Wildman–Crippen LogP) is 5.69. The summed E-state index contributed by atoms with van der Waals surface area (Å²) in [7, 11) is 0. The molecule has 4 aromatic rings. The molecular formula is C24H24F2N6O. The van der Waals surface area contributed by atoms with E-state index in [1.807, 2.05) is 20.0 Å². The van der Waals surface area contributed by atoms with Crippen LogP contribution in [0.5, 0.6) is 0 Å². The van der Waals surface area contributed by atoms with Crippen LogP contribution in [0.25, 0.3) is 33.3 Å². The van der Waals surface area contributed by atoms with Crippen LogP contribution in [-0.2, 0) is 6.54 Å². The summed E-state index contributed by atoms with van der Waals surface area (Å²) >= 11 is 0. The van der Waals surface area contributed by atoms with Crippen molar-refractivity contribution in [3.05, 3.63) is 42.3 Å². The third-order valence-corrected chi connectivity index (χ3v) is 6.20. The van der Waals surface area contributed by atoms with Crippen molar-refractivity contribution < 1.29 is 13.3 Å². The van der Waals surface area contributed by atoms with Crippen LogP contribution in [0.1, 0.15) is 43.7 Å². The second-order valence-corrected chi connectivity index (χ2v) is 9.00. The van der Waals surface area contributed by atoms with Crippen LogP contribution in [0.3, 0.4) is 0 Å².